The number of halogens is 1. The third-order valence-corrected chi connectivity index (χ3v) is 11.2. The van der Waals surface area contributed by atoms with Crippen LogP contribution in [-0.2, 0) is 9.53 Å². The number of alkyl halides is 1. The van der Waals surface area contributed by atoms with Crippen molar-refractivity contribution < 1.29 is 9.53 Å². The molecule has 4 aliphatic rings. The molecule has 3 fully saturated rings. The van der Waals surface area contributed by atoms with Crippen LogP contribution in [0.1, 0.15) is 119 Å². The van der Waals surface area contributed by atoms with Crippen LogP contribution in [0.15, 0.2) is 11.6 Å². The summed E-state index contributed by atoms with van der Waals surface area (Å²) in [4.78, 5) is 12.2. The van der Waals surface area contributed by atoms with E-state index in [1.807, 2.05) is 6.92 Å². The van der Waals surface area contributed by atoms with E-state index in [4.69, 9.17) is 16.3 Å². The van der Waals surface area contributed by atoms with E-state index in [-0.39, 0.29) is 17.5 Å². The maximum atomic E-state index is 12.2. The molecule has 0 aliphatic heterocycles. The smallest absolute Gasteiger partial charge is 0.307 e. The number of rotatable bonds is 8. The number of ether oxygens (including phenoxy) is 1. The average molecular weight is 491 g/mol. The highest BCUT2D eigenvalue weighted by Gasteiger charge is 2.59. The van der Waals surface area contributed by atoms with Crippen molar-refractivity contribution in [2.45, 2.75) is 130 Å². The fourth-order valence-corrected chi connectivity index (χ4v) is 9.34. The second-order valence-corrected chi connectivity index (χ2v) is 14.4. The lowest BCUT2D eigenvalue weighted by atomic mass is 9.47. The van der Waals surface area contributed by atoms with E-state index in [0.717, 1.165) is 48.3 Å². The van der Waals surface area contributed by atoms with E-state index in [1.165, 1.54) is 57.8 Å². The van der Waals surface area contributed by atoms with Crippen molar-refractivity contribution in [2.75, 3.05) is 0 Å². The summed E-state index contributed by atoms with van der Waals surface area (Å²) >= 11 is 6.01. The van der Waals surface area contributed by atoms with Crippen LogP contribution in [0.4, 0.5) is 0 Å². The number of hydrogen-bond acceptors (Lipinski definition) is 2. The fourth-order valence-electron chi connectivity index (χ4n) is 9.22. The molecular formula is C31H51ClO2. The van der Waals surface area contributed by atoms with Gasteiger partial charge < -0.3 is 4.74 Å². The van der Waals surface area contributed by atoms with Crippen LogP contribution in [0.5, 0.6) is 0 Å². The summed E-state index contributed by atoms with van der Waals surface area (Å²) in [6.45, 7) is 14.4. The van der Waals surface area contributed by atoms with E-state index in [2.05, 4.69) is 40.7 Å². The molecule has 0 N–H and O–H groups in total. The lowest BCUT2D eigenvalue weighted by Gasteiger charge is -2.58. The summed E-state index contributed by atoms with van der Waals surface area (Å²) in [5, 5.41) is -0.152. The molecule has 9 atom stereocenters. The van der Waals surface area contributed by atoms with E-state index < -0.39 is 0 Å². The van der Waals surface area contributed by atoms with Gasteiger partial charge in [0.15, 0.2) is 0 Å². The Kier molecular flexibility index (Phi) is 8.18. The zero-order valence-corrected chi connectivity index (χ0v) is 23.6. The molecular weight excluding hydrogens is 440 g/mol. The lowest BCUT2D eigenvalue weighted by Crippen LogP contribution is -2.51. The minimum Gasteiger partial charge on any atom is -0.462 e. The first-order valence-electron chi connectivity index (χ1n) is 14.6. The number of carbonyl (C=O) groups is 1. The van der Waals surface area contributed by atoms with Gasteiger partial charge in [-0.3, -0.25) is 4.79 Å². The van der Waals surface area contributed by atoms with Crippen molar-refractivity contribution in [2.24, 2.45) is 46.3 Å². The second-order valence-electron chi connectivity index (χ2n) is 13.6. The summed E-state index contributed by atoms with van der Waals surface area (Å²) in [7, 11) is 0. The van der Waals surface area contributed by atoms with Gasteiger partial charge in [-0.1, -0.05) is 65.5 Å². The van der Waals surface area contributed by atoms with Gasteiger partial charge in [-0.2, -0.15) is 0 Å². The first-order chi connectivity index (χ1) is 16.0. The Morgan fingerprint density at radius 2 is 1.82 bits per heavy atom. The van der Waals surface area contributed by atoms with Gasteiger partial charge in [0.05, 0.1) is 6.42 Å². The zero-order chi connectivity index (χ0) is 24.7. The molecule has 2 nitrogen and oxygen atoms in total. The monoisotopic (exact) mass is 490 g/mol. The summed E-state index contributed by atoms with van der Waals surface area (Å²) in [6.07, 6.45) is 17.3. The highest BCUT2D eigenvalue weighted by Crippen LogP contribution is 2.67. The number of allylic oxidation sites excluding steroid dienone is 1. The maximum absolute atomic E-state index is 12.2. The minimum absolute atomic E-state index is 0.0511. The highest BCUT2D eigenvalue weighted by atomic mass is 35.5. The largest absolute Gasteiger partial charge is 0.462 e. The molecule has 0 aromatic carbocycles. The maximum Gasteiger partial charge on any atom is 0.307 e. The van der Waals surface area contributed by atoms with Crippen molar-refractivity contribution in [1.82, 2.24) is 0 Å². The Hall–Kier alpha value is -0.500. The van der Waals surface area contributed by atoms with E-state index in [0.29, 0.717) is 17.3 Å². The Morgan fingerprint density at radius 3 is 2.53 bits per heavy atom. The Bertz CT molecular complexity index is 757. The van der Waals surface area contributed by atoms with Gasteiger partial charge in [-0.05, 0) is 98.2 Å². The summed E-state index contributed by atoms with van der Waals surface area (Å²) in [5.41, 5.74) is 2.45. The highest BCUT2D eigenvalue weighted by molar-refractivity contribution is 6.21. The van der Waals surface area contributed by atoms with Crippen LogP contribution in [0, 0.1) is 46.3 Å². The SMILES string of the molecule is CC(C)CCC[C@@H](C)[C@@H]1CC[C@@H]2[C@H]3CC=C4C[C@@H](OC(=O)C[C@@H](C)Cl)CC[C@]4(C)[C@@H]3CC[C@@]21C. The Labute approximate surface area is 215 Å². The molecule has 0 saturated heterocycles. The van der Waals surface area contributed by atoms with Crippen molar-refractivity contribution in [3.8, 4) is 0 Å². The molecule has 4 rings (SSSR count). The molecule has 0 aromatic rings. The predicted octanol–water partition coefficient (Wildman–Crippen LogP) is 8.96. The third kappa shape index (κ3) is 5.14. The Morgan fingerprint density at radius 1 is 1.06 bits per heavy atom. The topological polar surface area (TPSA) is 26.3 Å². The van der Waals surface area contributed by atoms with Gasteiger partial charge in [-0.15, -0.1) is 11.6 Å². The van der Waals surface area contributed by atoms with Crippen molar-refractivity contribution in [1.29, 1.82) is 0 Å². The molecule has 3 heteroatoms. The van der Waals surface area contributed by atoms with Gasteiger partial charge in [0.1, 0.15) is 6.10 Å². The molecule has 3 saturated carbocycles. The van der Waals surface area contributed by atoms with Gasteiger partial charge in [0, 0.05) is 11.8 Å². The van der Waals surface area contributed by atoms with Crippen molar-refractivity contribution in [3.63, 3.8) is 0 Å². The normalized spacial score (nSPS) is 41.2. The molecule has 0 spiro atoms. The molecule has 34 heavy (non-hydrogen) atoms. The molecule has 0 heterocycles. The summed E-state index contributed by atoms with van der Waals surface area (Å²) in [5.74, 6) is 5.08. The standard InChI is InChI=1S/C31H51ClO2/c1-20(2)8-7-9-21(3)26-12-13-27-25-11-10-23-19-24(34-29(33)18-22(4)32)14-16-30(23,5)28(25)15-17-31(26,27)6/h10,20-22,24-28H,7-9,11-19H2,1-6H3/t21-,22-,24+,25-,26+,27-,28-,30+,31-/m1/s1. The van der Waals surface area contributed by atoms with Gasteiger partial charge in [0.2, 0.25) is 0 Å². The molecule has 0 amide bonds. The van der Waals surface area contributed by atoms with Crippen LogP contribution in [0.3, 0.4) is 0 Å². The zero-order valence-electron chi connectivity index (χ0n) is 22.9. The minimum atomic E-state index is -0.152. The third-order valence-electron chi connectivity index (χ3n) is 11.0. The van der Waals surface area contributed by atoms with Gasteiger partial charge >= 0.3 is 5.97 Å². The fraction of sp³-hybridized carbons (Fsp3) is 0.903. The molecule has 0 bridgehead atoms. The van der Waals surface area contributed by atoms with Crippen LogP contribution < -0.4 is 0 Å². The van der Waals surface area contributed by atoms with E-state index in [1.54, 1.807) is 5.57 Å². The molecule has 0 unspecified atom stereocenters. The van der Waals surface area contributed by atoms with Crippen LogP contribution in [0.2, 0.25) is 0 Å². The quantitative estimate of drug-likeness (QED) is 0.193. The van der Waals surface area contributed by atoms with Crippen LogP contribution >= 0.6 is 11.6 Å². The summed E-state index contributed by atoms with van der Waals surface area (Å²) in [6, 6.07) is 0. The number of fused-ring (bicyclic) bond motifs is 5. The molecule has 4 aliphatic carbocycles. The average Bonchev–Trinajstić information content (AvgIpc) is 3.10. The number of carbonyl (C=O) groups excluding carboxylic acids is 1. The Balaban J connectivity index is 1.42. The summed E-state index contributed by atoms with van der Waals surface area (Å²) < 4.78 is 5.84. The first-order valence-corrected chi connectivity index (χ1v) is 15.0. The number of hydrogen-bond donors (Lipinski definition) is 0. The van der Waals surface area contributed by atoms with Gasteiger partial charge in [-0.25, -0.2) is 0 Å². The van der Waals surface area contributed by atoms with Crippen LogP contribution in [-0.4, -0.2) is 17.5 Å². The molecule has 0 aromatic heterocycles. The van der Waals surface area contributed by atoms with E-state index >= 15 is 0 Å². The molecule has 0 radical (unpaired) electrons. The van der Waals surface area contributed by atoms with Gasteiger partial charge in [0.25, 0.3) is 0 Å². The molecule has 194 valence electrons. The van der Waals surface area contributed by atoms with Crippen molar-refractivity contribution in [3.05, 3.63) is 11.6 Å². The lowest BCUT2D eigenvalue weighted by molar-refractivity contribution is -0.151. The van der Waals surface area contributed by atoms with E-state index in [9.17, 15) is 4.79 Å². The van der Waals surface area contributed by atoms with Crippen molar-refractivity contribution >= 4 is 17.6 Å². The second kappa shape index (κ2) is 10.5. The number of esters is 1. The van der Waals surface area contributed by atoms with Crippen LogP contribution in [0.25, 0.3) is 0 Å². The first kappa shape index (κ1) is 26.6. The predicted molar refractivity (Wildman–Crippen MR) is 143 cm³/mol.